The van der Waals surface area contributed by atoms with Gasteiger partial charge < -0.3 is 9.94 Å². The van der Waals surface area contributed by atoms with Gasteiger partial charge in [0.2, 0.25) is 0 Å². The molecular weight excluding hydrogens is 238 g/mol. The normalized spacial score (nSPS) is 11.7. The number of rotatable bonds is 4. The molecule has 0 spiro atoms. The predicted molar refractivity (Wildman–Crippen MR) is 76.8 cm³/mol. The Labute approximate surface area is 112 Å². The first-order chi connectivity index (χ1) is 9.33. The Balaban J connectivity index is 2.16. The van der Waals surface area contributed by atoms with Gasteiger partial charge in [0.05, 0.1) is 7.11 Å². The average Bonchev–Trinajstić information content (AvgIpc) is 2.49. The second-order valence-corrected chi connectivity index (χ2v) is 3.96. The minimum absolute atomic E-state index is 0.524. The van der Waals surface area contributed by atoms with Crippen LogP contribution in [0.4, 0.5) is 0 Å². The van der Waals surface area contributed by atoms with Gasteiger partial charge in [-0.1, -0.05) is 53.7 Å². The van der Waals surface area contributed by atoms with Crippen molar-refractivity contribution in [3.8, 4) is 5.75 Å². The summed E-state index contributed by atoms with van der Waals surface area (Å²) in [5.41, 5.74) is 2.41. The van der Waals surface area contributed by atoms with Crippen molar-refractivity contribution in [3.05, 3.63) is 71.8 Å². The zero-order valence-electron chi connectivity index (χ0n) is 10.7. The number of ether oxygens (including phenoxy) is 1. The third kappa shape index (κ3) is 3.45. The maximum atomic E-state index is 9.06. The lowest BCUT2D eigenvalue weighted by atomic mass is 10.1. The Morgan fingerprint density at radius 2 is 1.74 bits per heavy atom. The number of allylic oxidation sites excluding steroid dienone is 1. The van der Waals surface area contributed by atoms with E-state index in [2.05, 4.69) is 5.16 Å². The second-order valence-electron chi connectivity index (χ2n) is 3.96. The fourth-order valence-corrected chi connectivity index (χ4v) is 1.69. The van der Waals surface area contributed by atoms with E-state index in [4.69, 9.17) is 9.94 Å². The third-order valence-electron chi connectivity index (χ3n) is 2.73. The Bertz CT molecular complexity index is 571. The molecule has 0 saturated carbocycles. The fraction of sp³-hybridized carbons (Fsp3) is 0.0625. The summed E-state index contributed by atoms with van der Waals surface area (Å²) in [5.74, 6) is 0.816. The molecule has 0 bridgehead atoms. The van der Waals surface area contributed by atoms with E-state index >= 15 is 0 Å². The van der Waals surface area contributed by atoms with Crippen molar-refractivity contribution in [3.63, 3.8) is 0 Å². The molecule has 0 fully saturated rings. The predicted octanol–water partition coefficient (Wildman–Crippen LogP) is 3.59. The van der Waals surface area contributed by atoms with Gasteiger partial charge in [0.25, 0.3) is 0 Å². The number of benzene rings is 2. The lowest BCUT2D eigenvalue weighted by Gasteiger charge is -2.00. The highest BCUT2D eigenvalue weighted by Crippen LogP contribution is 2.13. The van der Waals surface area contributed by atoms with Gasteiger partial charge >= 0.3 is 0 Å². The van der Waals surface area contributed by atoms with Crippen molar-refractivity contribution in [1.29, 1.82) is 0 Å². The molecule has 2 aromatic rings. The van der Waals surface area contributed by atoms with Gasteiger partial charge in [0, 0.05) is 5.56 Å². The first-order valence-corrected chi connectivity index (χ1v) is 5.93. The Morgan fingerprint density at radius 1 is 1.05 bits per heavy atom. The molecule has 19 heavy (non-hydrogen) atoms. The van der Waals surface area contributed by atoms with Gasteiger partial charge in [0.15, 0.2) is 0 Å². The van der Waals surface area contributed by atoms with Crippen LogP contribution >= 0.6 is 0 Å². The molecule has 96 valence electrons. The van der Waals surface area contributed by atoms with Crippen molar-refractivity contribution in [2.75, 3.05) is 7.11 Å². The molecule has 3 nitrogen and oxygen atoms in total. The van der Waals surface area contributed by atoms with Crippen LogP contribution in [0.1, 0.15) is 11.1 Å². The highest BCUT2D eigenvalue weighted by Gasteiger charge is 1.98. The number of nitrogens with zero attached hydrogens (tertiary/aromatic N) is 1. The molecular formula is C16H15NO2. The van der Waals surface area contributed by atoms with Crippen molar-refractivity contribution in [2.45, 2.75) is 0 Å². The van der Waals surface area contributed by atoms with Crippen LogP contribution in [0.2, 0.25) is 0 Å². The Kier molecular flexibility index (Phi) is 4.34. The monoisotopic (exact) mass is 253 g/mol. The van der Waals surface area contributed by atoms with E-state index < -0.39 is 0 Å². The molecule has 0 aliphatic carbocycles. The highest BCUT2D eigenvalue weighted by molar-refractivity contribution is 6.10. The number of methoxy groups -OCH3 is 1. The summed E-state index contributed by atoms with van der Waals surface area (Å²) >= 11 is 0. The second kappa shape index (κ2) is 6.40. The number of oxime groups is 1. The summed E-state index contributed by atoms with van der Waals surface area (Å²) in [7, 11) is 1.64. The Morgan fingerprint density at radius 3 is 2.32 bits per heavy atom. The Hall–Kier alpha value is -2.55. The SMILES string of the molecule is COc1ccc(C=CC(=NO)c2ccccc2)cc1. The van der Waals surface area contributed by atoms with Gasteiger partial charge in [0.1, 0.15) is 11.5 Å². The maximum Gasteiger partial charge on any atom is 0.118 e. The molecule has 0 radical (unpaired) electrons. The van der Waals surface area contributed by atoms with Crippen LogP contribution in [-0.2, 0) is 0 Å². The molecule has 0 saturated heterocycles. The van der Waals surface area contributed by atoms with Crippen LogP contribution < -0.4 is 4.74 Å². The molecule has 3 heteroatoms. The lowest BCUT2D eigenvalue weighted by Crippen LogP contribution is -1.95. The van der Waals surface area contributed by atoms with Crippen molar-refractivity contribution < 1.29 is 9.94 Å². The third-order valence-corrected chi connectivity index (χ3v) is 2.73. The maximum absolute atomic E-state index is 9.06. The summed E-state index contributed by atoms with van der Waals surface area (Å²) in [6.07, 6.45) is 3.67. The van der Waals surface area contributed by atoms with E-state index in [1.54, 1.807) is 13.2 Å². The van der Waals surface area contributed by atoms with Gasteiger partial charge in [-0.3, -0.25) is 0 Å². The van der Waals surface area contributed by atoms with E-state index in [-0.39, 0.29) is 0 Å². The van der Waals surface area contributed by atoms with Gasteiger partial charge in [-0.2, -0.15) is 0 Å². The number of hydrogen-bond donors (Lipinski definition) is 1. The molecule has 0 aliphatic rings. The minimum Gasteiger partial charge on any atom is -0.497 e. The van der Waals surface area contributed by atoms with Crippen molar-refractivity contribution in [2.24, 2.45) is 5.16 Å². The quantitative estimate of drug-likeness (QED) is 0.514. The number of hydrogen-bond acceptors (Lipinski definition) is 3. The molecule has 2 aromatic carbocycles. The van der Waals surface area contributed by atoms with Crippen LogP contribution in [0.25, 0.3) is 6.08 Å². The van der Waals surface area contributed by atoms with E-state index in [0.717, 1.165) is 16.9 Å². The van der Waals surface area contributed by atoms with Crippen LogP contribution in [0, 0.1) is 0 Å². The van der Waals surface area contributed by atoms with Gasteiger partial charge in [-0.15, -0.1) is 0 Å². The molecule has 0 atom stereocenters. The summed E-state index contributed by atoms with van der Waals surface area (Å²) in [6.45, 7) is 0. The van der Waals surface area contributed by atoms with Crippen LogP contribution in [-0.4, -0.2) is 18.0 Å². The van der Waals surface area contributed by atoms with Crippen molar-refractivity contribution in [1.82, 2.24) is 0 Å². The van der Waals surface area contributed by atoms with Gasteiger partial charge in [-0.25, -0.2) is 0 Å². The standard InChI is InChI=1S/C16H15NO2/c1-19-15-10-7-13(8-11-15)9-12-16(17-18)14-5-3-2-4-6-14/h2-12,18H,1H3. The summed E-state index contributed by atoms with van der Waals surface area (Å²) in [5, 5.41) is 12.4. The zero-order valence-corrected chi connectivity index (χ0v) is 10.7. The van der Waals surface area contributed by atoms with Crippen LogP contribution in [0.15, 0.2) is 65.8 Å². The molecule has 0 aromatic heterocycles. The van der Waals surface area contributed by atoms with Crippen molar-refractivity contribution >= 4 is 11.8 Å². The highest BCUT2D eigenvalue weighted by atomic mass is 16.5. The summed E-state index contributed by atoms with van der Waals surface area (Å²) in [6, 6.07) is 17.2. The topological polar surface area (TPSA) is 41.8 Å². The van der Waals surface area contributed by atoms with Gasteiger partial charge in [-0.05, 0) is 23.8 Å². The van der Waals surface area contributed by atoms with E-state index in [9.17, 15) is 0 Å². The van der Waals surface area contributed by atoms with E-state index in [0.29, 0.717) is 5.71 Å². The lowest BCUT2D eigenvalue weighted by molar-refractivity contribution is 0.320. The summed E-state index contributed by atoms with van der Waals surface area (Å²) in [4.78, 5) is 0. The van der Waals surface area contributed by atoms with Crippen LogP contribution in [0.5, 0.6) is 5.75 Å². The molecule has 0 heterocycles. The zero-order chi connectivity index (χ0) is 13.5. The van der Waals surface area contributed by atoms with Crippen LogP contribution in [0.3, 0.4) is 0 Å². The molecule has 0 aliphatic heterocycles. The smallest absolute Gasteiger partial charge is 0.118 e. The minimum atomic E-state index is 0.524. The summed E-state index contributed by atoms with van der Waals surface area (Å²) < 4.78 is 5.10. The molecule has 0 amide bonds. The molecule has 2 rings (SSSR count). The van der Waals surface area contributed by atoms with E-state index in [1.165, 1.54) is 0 Å². The average molecular weight is 253 g/mol. The molecule has 1 N–H and O–H groups in total. The van der Waals surface area contributed by atoms with E-state index in [1.807, 2.05) is 60.7 Å². The first kappa shape index (κ1) is 12.9. The fourth-order valence-electron chi connectivity index (χ4n) is 1.69. The largest absolute Gasteiger partial charge is 0.497 e. The molecule has 0 unspecified atom stereocenters. The first-order valence-electron chi connectivity index (χ1n) is 5.93.